The molecular weight excluding hydrogens is 298 g/mol. The van der Waals surface area contributed by atoms with Crippen LogP contribution in [-0.2, 0) is 16.1 Å². The van der Waals surface area contributed by atoms with Crippen LogP contribution in [0.4, 0.5) is 0 Å². The van der Waals surface area contributed by atoms with Gasteiger partial charge in [-0.3, -0.25) is 4.79 Å². The smallest absolute Gasteiger partial charge is 0.339 e. The van der Waals surface area contributed by atoms with Gasteiger partial charge in [0.2, 0.25) is 5.91 Å². The van der Waals surface area contributed by atoms with Gasteiger partial charge in [-0.25, -0.2) is 4.79 Å². The third kappa shape index (κ3) is 3.75. The second kappa shape index (κ2) is 7.17. The SMILES string of the molecule is COCCC1(C(=O)N(C)Cc2cc(C(=O)O)c(C)o2)CCCC1. The molecule has 6 heteroatoms. The molecular formula is C17H25NO5. The third-order valence-electron chi connectivity index (χ3n) is 4.74. The van der Waals surface area contributed by atoms with E-state index in [2.05, 4.69) is 0 Å². The largest absolute Gasteiger partial charge is 0.478 e. The van der Waals surface area contributed by atoms with E-state index >= 15 is 0 Å². The lowest BCUT2D eigenvalue weighted by Gasteiger charge is -2.32. The van der Waals surface area contributed by atoms with Crippen LogP contribution in [0.2, 0.25) is 0 Å². The van der Waals surface area contributed by atoms with Crippen molar-refractivity contribution < 1.29 is 23.8 Å². The van der Waals surface area contributed by atoms with Crippen LogP contribution >= 0.6 is 0 Å². The third-order valence-corrected chi connectivity index (χ3v) is 4.74. The van der Waals surface area contributed by atoms with Crippen LogP contribution in [0.15, 0.2) is 10.5 Å². The molecule has 0 bridgehead atoms. The van der Waals surface area contributed by atoms with E-state index in [0.29, 0.717) is 18.1 Å². The summed E-state index contributed by atoms with van der Waals surface area (Å²) in [4.78, 5) is 25.6. The van der Waals surface area contributed by atoms with E-state index in [1.807, 2.05) is 0 Å². The summed E-state index contributed by atoms with van der Waals surface area (Å²) in [7, 11) is 3.39. The predicted octanol–water partition coefficient (Wildman–Crippen LogP) is 2.84. The molecule has 0 radical (unpaired) electrons. The number of carbonyl (C=O) groups is 2. The van der Waals surface area contributed by atoms with Gasteiger partial charge in [0.1, 0.15) is 17.1 Å². The first kappa shape index (κ1) is 17.5. The Balaban J connectivity index is 2.09. The average Bonchev–Trinajstić information content (AvgIpc) is 3.12. The lowest BCUT2D eigenvalue weighted by atomic mass is 9.81. The Kier molecular flexibility index (Phi) is 5.46. The summed E-state index contributed by atoms with van der Waals surface area (Å²) in [5.74, 6) is -0.0595. The number of hydrogen-bond donors (Lipinski definition) is 1. The molecule has 1 aliphatic carbocycles. The number of aromatic carboxylic acids is 1. The van der Waals surface area contributed by atoms with Crippen LogP contribution in [0.3, 0.4) is 0 Å². The molecule has 1 fully saturated rings. The monoisotopic (exact) mass is 323 g/mol. The Bertz CT molecular complexity index is 572. The van der Waals surface area contributed by atoms with E-state index < -0.39 is 5.97 Å². The van der Waals surface area contributed by atoms with E-state index in [-0.39, 0.29) is 23.4 Å². The fourth-order valence-electron chi connectivity index (χ4n) is 3.46. The lowest BCUT2D eigenvalue weighted by Crippen LogP contribution is -2.40. The Morgan fingerprint density at radius 3 is 2.57 bits per heavy atom. The predicted molar refractivity (Wildman–Crippen MR) is 84.3 cm³/mol. The first-order valence-electron chi connectivity index (χ1n) is 7.97. The standard InChI is InChI=1S/C17H25NO5/c1-12-14(15(19)20)10-13(23-12)11-18(2)16(21)17(8-9-22-3)6-4-5-7-17/h10H,4-9,11H2,1-3H3,(H,19,20). The van der Waals surface area contributed by atoms with Gasteiger partial charge in [-0.1, -0.05) is 12.8 Å². The van der Waals surface area contributed by atoms with E-state index in [4.69, 9.17) is 14.3 Å². The average molecular weight is 323 g/mol. The number of hydrogen-bond acceptors (Lipinski definition) is 4. The molecule has 0 aliphatic heterocycles. The minimum Gasteiger partial charge on any atom is -0.478 e. The summed E-state index contributed by atoms with van der Waals surface area (Å²) >= 11 is 0. The normalized spacial score (nSPS) is 16.5. The molecule has 1 aromatic rings. The van der Waals surface area contributed by atoms with Crippen molar-refractivity contribution in [1.82, 2.24) is 4.90 Å². The van der Waals surface area contributed by atoms with Crippen LogP contribution in [0.1, 0.15) is 54.0 Å². The zero-order valence-electron chi connectivity index (χ0n) is 14.1. The Morgan fingerprint density at radius 1 is 1.39 bits per heavy atom. The quantitative estimate of drug-likeness (QED) is 0.834. The second-order valence-electron chi connectivity index (χ2n) is 6.38. The van der Waals surface area contributed by atoms with Crippen LogP contribution in [0.5, 0.6) is 0 Å². The van der Waals surface area contributed by atoms with Crippen molar-refractivity contribution in [3.05, 3.63) is 23.2 Å². The van der Waals surface area contributed by atoms with E-state index in [1.54, 1.807) is 26.0 Å². The van der Waals surface area contributed by atoms with Gasteiger partial charge in [-0.05, 0) is 32.3 Å². The molecule has 1 amide bonds. The molecule has 0 aromatic carbocycles. The lowest BCUT2D eigenvalue weighted by molar-refractivity contribution is -0.142. The molecule has 6 nitrogen and oxygen atoms in total. The van der Waals surface area contributed by atoms with Crippen LogP contribution in [0, 0.1) is 12.3 Å². The van der Waals surface area contributed by atoms with Crippen LogP contribution in [-0.4, -0.2) is 42.6 Å². The van der Waals surface area contributed by atoms with Gasteiger partial charge in [0.05, 0.1) is 12.0 Å². The topological polar surface area (TPSA) is 80.0 Å². The van der Waals surface area contributed by atoms with Crippen molar-refractivity contribution in [3.63, 3.8) is 0 Å². The Hall–Kier alpha value is -1.82. The van der Waals surface area contributed by atoms with Crippen molar-refractivity contribution in [3.8, 4) is 0 Å². The summed E-state index contributed by atoms with van der Waals surface area (Å²) in [6, 6.07) is 1.50. The van der Waals surface area contributed by atoms with Crippen LogP contribution < -0.4 is 0 Å². The highest BCUT2D eigenvalue weighted by Crippen LogP contribution is 2.42. The van der Waals surface area contributed by atoms with Gasteiger partial charge < -0.3 is 19.2 Å². The number of carboxylic acids is 1. The molecule has 0 atom stereocenters. The summed E-state index contributed by atoms with van der Waals surface area (Å²) in [6.07, 6.45) is 4.62. The van der Waals surface area contributed by atoms with E-state index in [0.717, 1.165) is 32.1 Å². The fourth-order valence-corrected chi connectivity index (χ4v) is 3.46. The Morgan fingerprint density at radius 2 is 2.04 bits per heavy atom. The molecule has 1 N–H and O–H groups in total. The number of rotatable bonds is 7. The summed E-state index contributed by atoms with van der Waals surface area (Å²) in [6.45, 7) is 2.47. The van der Waals surface area contributed by atoms with Crippen molar-refractivity contribution in [2.45, 2.75) is 45.6 Å². The number of amides is 1. The first-order chi connectivity index (χ1) is 10.9. The molecule has 1 saturated carbocycles. The van der Waals surface area contributed by atoms with E-state index in [1.165, 1.54) is 6.07 Å². The van der Waals surface area contributed by atoms with E-state index in [9.17, 15) is 9.59 Å². The van der Waals surface area contributed by atoms with Gasteiger partial charge >= 0.3 is 5.97 Å². The minimum atomic E-state index is -1.01. The maximum atomic E-state index is 12.9. The van der Waals surface area contributed by atoms with Crippen molar-refractivity contribution in [1.29, 1.82) is 0 Å². The molecule has 1 aromatic heterocycles. The highest BCUT2D eigenvalue weighted by Gasteiger charge is 2.42. The fraction of sp³-hybridized carbons (Fsp3) is 0.647. The molecule has 23 heavy (non-hydrogen) atoms. The molecule has 0 spiro atoms. The number of carbonyl (C=O) groups excluding carboxylic acids is 1. The maximum absolute atomic E-state index is 12.9. The molecule has 128 valence electrons. The second-order valence-corrected chi connectivity index (χ2v) is 6.38. The molecule has 2 rings (SSSR count). The molecule has 1 aliphatic rings. The van der Waals surface area contributed by atoms with Gasteiger partial charge in [-0.15, -0.1) is 0 Å². The number of aryl methyl sites for hydroxylation is 1. The highest BCUT2D eigenvalue weighted by atomic mass is 16.5. The van der Waals surface area contributed by atoms with Crippen molar-refractivity contribution in [2.75, 3.05) is 20.8 Å². The number of methoxy groups -OCH3 is 1. The number of nitrogens with zero attached hydrogens (tertiary/aromatic N) is 1. The first-order valence-corrected chi connectivity index (χ1v) is 7.97. The zero-order chi connectivity index (χ0) is 17.0. The maximum Gasteiger partial charge on any atom is 0.339 e. The number of carboxylic acid groups (broad SMARTS) is 1. The van der Waals surface area contributed by atoms with Crippen LogP contribution in [0.25, 0.3) is 0 Å². The summed E-state index contributed by atoms with van der Waals surface area (Å²) < 4.78 is 10.6. The highest BCUT2D eigenvalue weighted by molar-refractivity contribution is 5.89. The van der Waals surface area contributed by atoms with Crippen molar-refractivity contribution in [2.24, 2.45) is 5.41 Å². The number of furan rings is 1. The molecule has 0 unspecified atom stereocenters. The van der Waals surface area contributed by atoms with Gasteiger partial charge in [-0.2, -0.15) is 0 Å². The zero-order valence-corrected chi connectivity index (χ0v) is 14.1. The molecule has 0 saturated heterocycles. The van der Waals surface area contributed by atoms with Gasteiger partial charge in [0, 0.05) is 20.8 Å². The van der Waals surface area contributed by atoms with Gasteiger partial charge in [0.15, 0.2) is 0 Å². The Labute approximate surface area is 136 Å². The van der Waals surface area contributed by atoms with Gasteiger partial charge in [0.25, 0.3) is 0 Å². The summed E-state index contributed by atoms with van der Waals surface area (Å²) in [5.41, 5.74) is -0.196. The molecule has 1 heterocycles. The minimum absolute atomic E-state index is 0.0954. The van der Waals surface area contributed by atoms with Crippen molar-refractivity contribution >= 4 is 11.9 Å². The number of ether oxygens (including phenoxy) is 1. The summed E-state index contributed by atoms with van der Waals surface area (Å²) in [5, 5.41) is 9.08.